The Hall–Kier alpha value is -1.46. The van der Waals surface area contributed by atoms with Crippen molar-refractivity contribution >= 4 is 16.0 Å². The van der Waals surface area contributed by atoms with E-state index in [9.17, 15) is 21.6 Å². The number of aromatic nitrogens is 2. The topological polar surface area (TPSA) is 78.4 Å². The van der Waals surface area contributed by atoms with E-state index >= 15 is 0 Å². The summed E-state index contributed by atoms with van der Waals surface area (Å²) in [6, 6.07) is 0.747. The summed E-state index contributed by atoms with van der Waals surface area (Å²) in [5.74, 6) is 0.103. The fraction of sp³-hybridized carbons (Fsp3) is 0.750. The fourth-order valence-electron chi connectivity index (χ4n) is 3.47. The van der Waals surface area contributed by atoms with Crippen LogP contribution in [-0.4, -0.2) is 59.2 Å². The van der Waals surface area contributed by atoms with E-state index in [4.69, 9.17) is 0 Å². The number of nitrogens with one attached hydrogen (secondary N) is 1. The minimum absolute atomic E-state index is 0.103. The highest BCUT2D eigenvalue weighted by atomic mass is 32.2. The first-order valence-corrected chi connectivity index (χ1v) is 10.6. The van der Waals surface area contributed by atoms with E-state index in [2.05, 4.69) is 15.3 Å². The Balaban J connectivity index is 1.57. The van der Waals surface area contributed by atoms with Gasteiger partial charge < -0.3 is 5.32 Å². The summed E-state index contributed by atoms with van der Waals surface area (Å²) >= 11 is 0. The van der Waals surface area contributed by atoms with Crippen molar-refractivity contribution in [3.8, 4) is 0 Å². The lowest BCUT2D eigenvalue weighted by molar-refractivity contribution is -0.141. The highest BCUT2D eigenvalue weighted by Crippen LogP contribution is 2.29. The van der Waals surface area contributed by atoms with Crippen molar-refractivity contribution < 1.29 is 21.6 Å². The van der Waals surface area contributed by atoms with Crippen molar-refractivity contribution in [1.82, 2.24) is 18.6 Å². The summed E-state index contributed by atoms with van der Waals surface area (Å²) < 4.78 is 66.9. The van der Waals surface area contributed by atoms with Gasteiger partial charge in [0.1, 0.15) is 17.8 Å². The van der Waals surface area contributed by atoms with Crippen LogP contribution in [0.1, 0.15) is 44.2 Å². The summed E-state index contributed by atoms with van der Waals surface area (Å²) in [4.78, 5) is 7.07. The summed E-state index contributed by atoms with van der Waals surface area (Å²) in [5, 5.41) is 2.97. The van der Waals surface area contributed by atoms with Crippen molar-refractivity contribution in [2.45, 2.75) is 50.7 Å². The van der Waals surface area contributed by atoms with Crippen molar-refractivity contribution in [3.63, 3.8) is 0 Å². The first-order valence-electron chi connectivity index (χ1n) is 9.18. The molecule has 0 aliphatic carbocycles. The second kappa shape index (κ2) is 8.27. The van der Waals surface area contributed by atoms with E-state index in [1.165, 1.54) is 4.31 Å². The van der Waals surface area contributed by atoms with E-state index in [-0.39, 0.29) is 11.9 Å². The molecule has 1 aromatic heterocycles. The molecule has 152 valence electrons. The zero-order valence-electron chi connectivity index (χ0n) is 15.0. The van der Waals surface area contributed by atoms with Gasteiger partial charge in [-0.15, -0.1) is 0 Å². The lowest BCUT2D eigenvalue weighted by atomic mass is 10.1. The number of piperidine rings is 1. The zero-order chi connectivity index (χ0) is 19.5. The number of nitrogens with zero attached hydrogens (tertiary/aromatic N) is 4. The molecular weight excluding hydrogens is 383 g/mol. The monoisotopic (exact) mass is 407 g/mol. The summed E-state index contributed by atoms with van der Waals surface area (Å²) in [7, 11) is -3.47. The maximum atomic E-state index is 12.8. The smallest absolute Gasteiger partial charge is 0.367 e. The average molecular weight is 407 g/mol. The summed E-state index contributed by atoms with van der Waals surface area (Å²) in [6.07, 6.45) is 1.25. The van der Waals surface area contributed by atoms with Crippen LogP contribution in [0, 0.1) is 0 Å². The van der Waals surface area contributed by atoms with Crippen LogP contribution in [-0.2, 0) is 16.4 Å². The molecule has 27 heavy (non-hydrogen) atoms. The van der Waals surface area contributed by atoms with Gasteiger partial charge in [0.15, 0.2) is 0 Å². The van der Waals surface area contributed by atoms with Crippen LogP contribution in [0.15, 0.2) is 12.4 Å². The number of hydrogen-bond donors (Lipinski definition) is 1. The van der Waals surface area contributed by atoms with Gasteiger partial charge in [-0.05, 0) is 25.7 Å². The molecule has 0 radical (unpaired) electrons. The van der Waals surface area contributed by atoms with E-state index < -0.39 is 22.1 Å². The van der Waals surface area contributed by atoms with Gasteiger partial charge in [-0.3, -0.25) is 0 Å². The third-order valence-electron chi connectivity index (χ3n) is 4.98. The van der Waals surface area contributed by atoms with Gasteiger partial charge in [-0.25, -0.2) is 9.97 Å². The number of alkyl halides is 3. The minimum atomic E-state index is -4.52. The molecule has 11 heteroatoms. The molecule has 3 heterocycles. The SMILES string of the molecule is O=S(=O)(N1CCCCCC1)N1CCC(Nc2cc(C(F)(F)F)ncn2)CC1. The Morgan fingerprint density at radius 3 is 2.15 bits per heavy atom. The van der Waals surface area contributed by atoms with Crippen LogP contribution < -0.4 is 5.32 Å². The predicted octanol–water partition coefficient (Wildman–Crippen LogP) is 2.49. The minimum Gasteiger partial charge on any atom is -0.367 e. The third-order valence-corrected chi connectivity index (χ3v) is 7.02. The predicted molar refractivity (Wildman–Crippen MR) is 94.2 cm³/mol. The molecular formula is C16H24F3N5O2S. The summed E-state index contributed by atoms with van der Waals surface area (Å²) in [6.45, 7) is 1.80. The maximum Gasteiger partial charge on any atom is 0.433 e. The molecule has 3 rings (SSSR count). The van der Waals surface area contributed by atoms with Crippen molar-refractivity contribution in [2.75, 3.05) is 31.5 Å². The van der Waals surface area contributed by atoms with Crippen LogP contribution >= 0.6 is 0 Å². The second-order valence-corrected chi connectivity index (χ2v) is 8.85. The molecule has 2 aliphatic heterocycles. The molecule has 2 saturated heterocycles. The zero-order valence-corrected chi connectivity index (χ0v) is 15.8. The van der Waals surface area contributed by atoms with E-state index in [1.54, 1.807) is 4.31 Å². The Morgan fingerprint density at radius 2 is 1.56 bits per heavy atom. The van der Waals surface area contributed by atoms with E-state index in [0.717, 1.165) is 38.1 Å². The van der Waals surface area contributed by atoms with E-state index in [0.29, 0.717) is 39.0 Å². The Kier molecular flexibility index (Phi) is 6.21. The Bertz CT molecular complexity index is 728. The lowest BCUT2D eigenvalue weighted by Crippen LogP contribution is -2.49. The standard InChI is InChI=1S/C16H24F3N5O2S/c17-16(18,19)14-11-15(21-12-20-14)22-13-5-9-24(10-6-13)27(25,26)23-7-3-1-2-4-8-23/h11-13H,1-10H2,(H,20,21,22). The molecule has 0 bridgehead atoms. The number of anilines is 1. The number of hydrogen-bond acceptors (Lipinski definition) is 5. The molecule has 0 amide bonds. The molecule has 0 aromatic carbocycles. The van der Waals surface area contributed by atoms with Gasteiger partial charge in [0.25, 0.3) is 10.2 Å². The Labute approximate surface area is 157 Å². The fourth-order valence-corrected chi connectivity index (χ4v) is 5.19. The Morgan fingerprint density at radius 1 is 0.963 bits per heavy atom. The van der Waals surface area contributed by atoms with Crippen molar-refractivity contribution in [2.24, 2.45) is 0 Å². The maximum absolute atomic E-state index is 12.8. The quantitative estimate of drug-likeness (QED) is 0.830. The van der Waals surface area contributed by atoms with Crippen LogP contribution in [0.2, 0.25) is 0 Å². The molecule has 0 saturated carbocycles. The van der Waals surface area contributed by atoms with Crippen LogP contribution in [0.4, 0.5) is 19.0 Å². The van der Waals surface area contributed by atoms with Crippen LogP contribution in [0.5, 0.6) is 0 Å². The third kappa shape index (κ3) is 5.08. The van der Waals surface area contributed by atoms with E-state index in [1.807, 2.05) is 0 Å². The molecule has 7 nitrogen and oxygen atoms in total. The number of rotatable bonds is 4. The van der Waals surface area contributed by atoms with Crippen LogP contribution in [0.25, 0.3) is 0 Å². The summed E-state index contributed by atoms with van der Waals surface area (Å²) in [5.41, 5.74) is -0.999. The normalized spacial score (nSPS) is 21.7. The highest BCUT2D eigenvalue weighted by Gasteiger charge is 2.34. The van der Waals surface area contributed by atoms with Gasteiger partial charge in [-0.2, -0.15) is 30.2 Å². The van der Waals surface area contributed by atoms with Crippen molar-refractivity contribution in [1.29, 1.82) is 0 Å². The molecule has 0 atom stereocenters. The average Bonchev–Trinajstić information content (AvgIpc) is 2.92. The van der Waals surface area contributed by atoms with Crippen molar-refractivity contribution in [3.05, 3.63) is 18.1 Å². The second-order valence-electron chi connectivity index (χ2n) is 6.92. The lowest BCUT2D eigenvalue weighted by Gasteiger charge is -2.35. The largest absolute Gasteiger partial charge is 0.433 e. The molecule has 0 unspecified atom stereocenters. The number of halogens is 3. The highest BCUT2D eigenvalue weighted by molar-refractivity contribution is 7.86. The molecule has 2 aliphatic rings. The van der Waals surface area contributed by atoms with Gasteiger partial charge in [0.05, 0.1) is 0 Å². The van der Waals surface area contributed by atoms with Gasteiger partial charge in [0.2, 0.25) is 0 Å². The molecule has 2 fully saturated rings. The van der Waals surface area contributed by atoms with Crippen LogP contribution in [0.3, 0.4) is 0 Å². The molecule has 0 spiro atoms. The first kappa shape index (κ1) is 20.3. The molecule has 1 N–H and O–H groups in total. The first-order chi connectivity index (χ1) is 12.8. The van der Waals surface area contributed by atoms with Gasteiger partial charge in [-0.1, -0.05) is 12.8 Å². The molecule has 1 aromatic rings. The van der Waals surface area contributed by atoms with Gasteiger partial charge in [0, 0.05) is 38.3 Å². The van der Waals surface area contributed by atoms with Gasteiger partial charge >= 0.3 is 6.18 Å².